The Morgan fingerprint density at radius 1 is 1.64 bits per heavy atom. The van der Waals surface area contributed by atoms with Crippen molar-refractivity contribution in [3.8, 4) is 0 Å². The minimum absolute atomic E-state index is 0.0914. The first kappa shape index (κ1) is 7.99. The fourth-order valence-electron chi connectivity index (χ4n) is 1.78. The van der Waals surface area contributed by atoms with Crippen LogP contribution >= 0.6 is 11.3 Å². The summed E-state index contributed by atoms with van der Waals surface area (Å²) in [6, 6.07) is 0. The summed E-state index contributed by atoms with van der Waals surface area (Å²) in [7, 11) is 0. The first-order valence-corrected chi connectivity index (χ1v) is 5.38. The zero-order valence-corrected chi connectivity index (χ0v) is 8.52. The van der Waals surface area contributed by atoms with Crippen molar-refractivity contribution in [2.75, 3.05) is 11.9 Å². The Bertz CT molecular complexity index is 569. The summed E-state index contributed by atoms with van der Waals surface area (Å²) in [5.41, 5.74) is 1.12. The van der Waals surface area contributed by atoms with Gasteiger partial charge in [0.1, 0.15) is 4.83 Å². The number of aryl methyl sites for hydroxylation is 1. The van der Waals surface area contributed by atoms with E-state index in [4.69, 9.17) is 0 Å². The molecule has 0 spiro atoms. The maximum Gasteiger partial charge on any atom is 0.263 e. The van der Waals surface area contributed by atoms with Gasteiger partial charge in [-0.25, -0.2) is 4.98 Å². The standard InChI is InChI=1S/C9H9N3OS/c1-5-4-14-7-6(5)8(13)12-3-2-10-9(12)11-7/h4H,2-3H2,1H3,(H,10,11). The van der Waals surface area contributed by atoms with Gasteiger partial charge in [0, 0.05) is 13.1 Å². The zero-order chi connectivity index (χ0) is 9.71. The first-order valence-electron chi connectivity index (χ1n) is 4.50. The van der Waals surface area contributed by atoms with Crippen LogP contribution in [0.5, 0.6) is 0 Å². The number of rotatable bonds is 0. The molecule has 0 bridgehead atoms. The lowest BCUT2D eigenvalue weighted by molar-refractivity contribution is 0.771. The Morgan fingerprint density at radius 2 is 2.50 bits per heavy atom. The van der Waals surface area contributed by atoms with Crippen LogP contribution in [0.25, 0.3) is 10.2 Å². The van der Waals surface area contributed by atoms with Crippen LogP contribution in [0.15, 0.2) is 10.2 Å². The summed E-state index contributed by atoms with van der Waals surface area (Å²) in [4.78, 5) is 17.2. The Morgan fingerprint density at radius 3 is 3.36 bits per heavy atom. The van der Waals surface area contributed by atoms with Gasteiger partial charge in [-0.15, -0.1) is 11.3 Å². The molecule has 5 heteroatoms. The lowest BCUT2D eigenvalue weighted by Gasteiger charge is -2.00. The maximum absolute atomic E-state index is 12.0. The third-order valence-corrected chi connectivity index (χ3v) is 3.49. The van der Waals surface area contributed by atoms with E-state index < -0.39 is 0 Å². The second-order valence-corrected chi connectivity index (χ2v) is 4.28. The average Bonchev–Trinajstić information content (AvgIpc) is 2.74. The van der Waals surface area contributed by atoms with E-state index in [-0.39, 0.29) is 5.56 Å². The Labute approximate surface area is 84.2 Å². The van der Waals surface area contributed by atoms with Crippen molar-refractivity contribution in [1.29, 1.82) is 0 Å². The fourth-order valence-corrected chi connectivity index (χ4v) is 2.69. The third-order valence-electron chi connectivity index (χ3n) is 2.50. The molecule has 4 nitrogen and oxygen atoms in total. The molecule has 0 saturated heterocycles. The molecule has 0 atom stereocenters. The Hall–Kier alpha value is -1.36. The molecule has 0 saturated carbocycles. The van der Waals surface area contributed by atoms with Crippen LogP contribution in [0.1, 0.15) is 5.56 Å². The van der Waals surface area contributed by atoms with Gasteiger partial charge in [-0.2, -0.15) is 0 Å². The number of fused-ring (bicyclic) bond motifs is 2. The fraction of sp³-hybridized carbons (Fsp3) is 0.333. The summed E-state index contributed by atoms with van der Waals surface area (Å²) in [5.74, 6) is 0.712. The molecule has 2 aromatic heterocycles. The minimum atomic E-state index is 0.0914. The van der Waals surface area contributed by atoms with Crippen LogP contribution in [0.2, 0.25) is 0 Å². The highest BCUT2D eigenvalue weighted by Crippen LogP contribution is 2.22. The number of thiophene rings is 1. The molecule has 2 aromatic rings. The molecule has 0 fully saturated rings. The molecular weight excluding hydrogens is 198 g/mol. The molecule has 0 amide bonds. The van der Waals surface area contributed by atoms with Crippen molar-refractivity contribution >= 4 is 27.5 Å². The molecule has 72 valence electrons. The van der Waals surface area contributed by atoms with Crippen LogP contribution in [0.3, 0.4) is 0 Å². The highest BCUT2D eigenvalue weighted by Gasteiger charge is 2.17. The summed E-state index contributed by atoms with van der Waals surface area (Å²) in [6.45, 7) is 3.49. The number of nitrogens with one attached hydrogen (secondary N) is 1. The quantitative estimate of drug-likeness (QED) is 0.706. The molecule has 0 aliphatic carbocycles. The monoisotopic (exact) mass is 207 g/mol. The second-order valence-electron chi connectivity index (χ2n) is 3.42. The molecule has 0 unspecified atom stereocenters. The maximum atomic E-state index is 12.0. The van der Waals surface area contributed by atoms with E-state index in [1.807, 2.05) is 12.3 Å². The van der Waals surface area contributed by atoms with Gasteiger partial charge in [0.2, 0.25) is 5.95 Å². The van der Waals surface area contributed by atoms with Crippen LogP contribution in [0, 0.1) is 6.92 Å². The summed E-state index contributed by atoms with van der Waals surface area (Å²) < 4.78 is 1.71. The van der Waals surface area contributed by atoms with E-state index in [1.165, 1.54) is 11.3 Å². The Kier molecular flexibility index (Phi) is 1.47. The molecule has 3 heterocycles. The number of hydrogen-bond donors (Lipinski definition) is 1. The number of aromatic nitrogens is 2. The van der Waals surface area contributed by atoms with E-state index in [0.29, 0.717) is 5.95 Å². The number of anilines is 1. The SMILES string of the molecule is Cc1csc2nc3n(c(=O)c12)CCN3. The van der Waals surface area contributed by atoms with Gasteiger partial charge in [0.05, 0.1) is 5.39 Å². The van der Waals surface area contributed by atoms with E-state index in [2.05, 4.69) is 10.3 Å². The lowest BCUT2D eigenvalue weighted by atomic mass is 10.3. The predicted molar refractivity (Wildman–Crippen MR) is 57.1 cm³/mol. The van der Waals surface area contributed by atoms with E-state index in [9.17, 15) is 4.79 Å². The molecule has 14 heavy (non-hydrogen) atoms. The molecule has 3 rings (SSSR count). The van der Waals surface area contributed by atoms with Gasteiger partial charge in [0.15, 0.2) is 0 Å². The molecule has 0 aromatic carbocycles. The van der Waals surface area contributed by atoms with Crippen molar-refractivity contribution in [3.05, 3.63) is 21.3 Å². The topological polar surface area (TPSA) is 46.9 Å². The third kappa shape index (κ3) is 0.874. The van der Waals surface area contributed by atoms with Crippen molar-refractivity contribution < 1.29 is 0 Å². The van der Waals surface area contributed by atoms with E-state index in [1.54, 1.807) is 4.57 Å². The summed E-state index contributed by atoms with van der Waals surface area (Å²) in [6.07, 6.45) is 0. The van der Waals surface area contributed by atoms with Crippen LogP contribution < -0.4 is 10.9 Å². The molecule has 1 aliphatic heterocycles. The van der Waals surface area contributed by atoms with Crippen molar-refractivity contribution in [3.63, 3.8) is 0 Å². The summed E-state index contributed by atoms with van der Waals surface area (Å²) in [5, 5.41) is 5.86. The van der Waals surface area contributed by atoms with Gasteiger partial charge in [0.25, 0.3) is 5.56 Å². The van der Waals surface area contributed by atoms with Crippen molar-refractivity contribution in [2.24, 2.45) is 0 Å². The molecular formula is C9H9N3OS. The van der Waals surface area contributed by atoms with Crippen LogP contribution in [-0.4, -0.2) is 16.1 Å². The minimum Gasteiger partial charge on any atom is -0.354 e. The number of hydrogen-bond acceptors (Lipinski definition) is 4. The van der Waals surface area contributed by atoms with E-state index in [0.717, 1.165) is 28.9 Å². The largest absolute Gasteiger partial charge is 0.354 e. The second kappa shape index (κ2) is 2.57. The van der Waals surface area contributed by atoms with Crippen LogP contribution in [-0.2, 0) is 6.54 Å². The Balaban J connectivity index is 2.53. The van der Waals surface area contributed by atoms with Gasteiger partial charge in [-0.05, 0) is 17.9 Å². The zero-order valence-electron chi connectivity index (χ0n) is 7.70. The normalized spacial score (nSPS) is 14.4. The lowest BCUT2D eigenvalue weighted by Crippen LogP contribution is -2.18. The van der Waals surface area contributed by atoms with Crippen LogP contribution in [0.4, 0.5) is 5.95 Å². The summed E-state index contributed by atoms with van der Waals surface area (Å²) >= 11 is 1.53. The highest BCUT2D eigenvalue weighted by molar-refractivity contribution is 7.16. The van der Waals surface area contributed by atoms with Gasteiger partial charge >= 0.3 is 0 Å². The molecule has 1 aliphatic rings. The van der Waals surface area contributed by atoms with Crippen molar-refractivity contribution in [1.82, 2.24) is 9.55 Å². The highest BCUT2D eigenvalue weighted by atomic mass is 32.1. The predicted octanol–water partition coefficient (Wildman–Crippen LogP) is 1.19. The average molecular weight is 207 g/mol. The van der Waals surface area contributed by atoms with Gasteiger partial charge in [-0.3, -0.25) is 9.36 Å². The number of nitrogens with zero attached hydrogens (tertiary/aromatic N) is 2. The molecule has 0 radical (unpaired) electrons. The first-order chi connectivity index (χ1) is 6.77. The van der Waals surface area contributed by atoms with Gasteiger partial charge < -0.3 is 5.32 Å². The smallest absolute Gasteiger partial charge is 0.263 e. The van der Waals surface area contributed by atoms with E-state index >= 15 is 0 Å². The van der Waals surface area contributed by atoms with Crippen molar-refractivity contribution in [2.45, 2.75) is 13.5 Å². The van der Waals surface area contributed by atoms with Gasteiger partial charge in [-0.1, -0.05) is 0 Å². The molecule has 1 N–H and O–H groups in total.